The number of nitrogens with one attached hydrogen (secondary N) is 1. The van der Waals surface area contributed by atoms with E-state index in [0.717, 1.165) is 5.56 Å². The van der Waals surface area contributed by atoms with Crippen molar-refractivity contribution in [3.8, 4) is 11.5 Å². The summed E-state index contributed by atoms with van der Waals surface area (Å²) in [6.07, 6.45) is -0.144. The molecule has 0 aliphatic carbocycles. The van der Waals surface area contributed by atoms with Gasteiger partial charge in [0.1, 0.15) is 11.5 Å². The summed E-state index contributed by atoms with van der Waals surface area (Å²) < 4.78 is 38.3. The Balaban J connectivity index is 2.24. The van der Waals surface area contributed by atoms with Crippen LogP contribution in [0.25, 0.3) is 0 Å². The first-order chi connectivity index (χ1) is 14.2. The number of amides is 1. The Morgan fingerprint density at radius 2 is 1.70 bits per heavy atom. The number of aryl methyl sites for hydroxylation is 1. The van der Waals surface area contributed by atoms with Gasteiger partial charge in [0, 0.05) is 13.1 Å². The SMILES string of the molecule is CCN(CC)S(=O)(=O)c1ccc(OC(C)C)c(NC(=O)COc2ccc(C)cc2)c1. The first kappa shape index (κ1) is 23.7. The summed E-state index contributed by atoms with van der Waals surface area (Å²) in [5, 5.41) is 2.71. The minimum atomic E-state index is -3.67. The normalized spacial score (nSPS) is 11.6. The van der Waals surface area contributed by atoms with E-state index in [-0.39, 0.29) is 23.3 Å². The average Bonchev–Trinajstić information content (AvgIpc) is 2.69. The first-order valence-electron chi connectivity index (χ1n) is 9.97. The molecule has 2 rings (SSSR count). The molecule has 30 heavy (non-hydrogen) atoms. The zero-order valence-electron chi connectivity index (χ0n) is 18.1. The molecule has 0 unspecified atom stereocenters. The van der Waals surface area contributed by atoms with Gasteiger partial charge >= 0.3 is 0 Å². The lowest BCUT2D eigenvalue weighted by atomic mass is 10.2. The van der Waals surface area contributed by atoms with Crippen molar-refractivity contribution in [1.82, 2.24) is 4.31 Å². The third-order valence-electron chi connectivity index (χ3n) is 4.32. The van der Waals surface area contributed by atoms with E-state index >= 15 is 0 Å². The van der Waals surface area contributed by atoms with Crippen LogP contribution in [0.4, 0.5) is 5.69 Å². The van der Waals surface area contributed by atoms with Crippen LogP contribution in [-0.2, 0) is 14.8 Å². The minimum Gasteiger partial charge on any atom is -0.489 e. The molecule has 8 heteroatoms. The fourth-order valence-electron chi connectivity index (χ4n) is 2.81. The van der Waals surface area contributed by atoms with Gasteiger partial charge in [0.2, 0.25) is 10.0 Å². The Labute approximate surface area is 179 Å². The van der Waals surface area contributed by atoms with Crippen LogP contribution < -0.4 is 14.8 Å². The maximum atomic E-state index is 12.9. The Hall–Kier alpha value is -2.58. The smallest absolute Gasteiger partial charge is 0.262 e. The Morgan fingerprint density at radius 3 is 2.27 bits per heavy atom. The van der Waals surface area contributed by atoms with E-state index in [1.54, 1.807) is 32.0 Å². The van der Waals surface area contributed by atoms with E-state index in [4.69, 9.17) is 9.47 Å². The van der Waals surface area contributed by atoms with Crippen molar-refractivity contribution in [2.75, 3.05) is 25.0 Å². The molecule has 2 aromatic rings. The average molecular weight is 435 g/mol. The zero-order valence-corrected chi connectivity index (χ0v) is 19.0. The van der Waals surface area contributed by atoms with Crippen molar-refractivity contribution in [3.63, 3.8) is 0 Å². The van der Waals surface area contributed by atoms with Crippen molar-refractivity contribution >= 4 is 21.6 Å². The monoisotopic (exact) mass is 434 g/mol. The van der Waals surface area contributed by atoms with E-state index in [1.807, 2.05) is 32.9 Å². The van der Waals surface area contributed by atoms with Crippen molar-refractivity contribution in [2.24, 2.45) is 0 Å². The minimum absolute atomic E-state index is 0.0945. The highest BCUT2D eigenvalue weighted by molar-refractivity contribution is 7.89. The highest BCUT2D eigenvalue weighted by Gasteiger charge is 2.23. The quantitative estimate of drug-likeness (QED) is 0.614. The maximum absolute atomic E-state index is 12.9. The van der Waals surface area contributed by atoms with Gasteiger partial charge in [-0.05, 0) is 51.1 Å². The van der Waals surface area contributed by atoms with Crippen LogP contribution in [0.1, 0.15) is 33.3 Å². The number of sulfonamides is 1. The number of hydrogen-bond donors (Lipinski definition) is 1. The third kappa shape index (κ3) is 6.21. The third-order valence-corrected chi connectivity index (χ3v) is 6.37. The van der Waals surface area contributed by atoms with Crippen molar-refractivity contribution < 1.29 is 22.7 Å². The molecule has 164 valence electrons. The van der Waals surface area contributed by atoms with Crippen LogP contribution in [0.5, 0.6) is 11.5 Å². The van der Waals surface area contributed by atoms with Crippen LogP contribution in [0.3, 0.4) is 0 Å². The molecule has 0 saturated carbocycles. The zero-order chi connectivity index (χ0) is 22.3. The molecule has 1 amide bonds. The molecule has 0 atom stereocenters. The van der Waals surface area contributed by atoms with Crippen molar-refractivity contribution in [2.45, 2.75) is 45.6 Å². The Bertz CT molecular complexity index is 952. The molecule has 2 aromatic carbocycles. The van der Waals surface area contributed by atoms with Crippen molar-refractivity contribution in [3.05, 3.63) is 48.0 Å². The molecule has 0 aliphatic heterocycles. The largest absolute Gasteiger partial charge is 0.489 e. The number of carbonyl (C=O) groups excluding carboxylic acids is 1. The van der Waals surface area contributed by atoms with Gasteiger partial charge < -0.3 is 14.8 Å². The molecule has 0 aliphatic rings. The highest BCUT2D eigenvalue weighted by atomic mass is 32.2. The molecule has 0 fully saturated rings. The summed E-state index contributed by atoms with van der Waals surface area (Å²) in [6, 6.07) is 11.8. The summed E-state index contributed by atoms with van der Waals surface area (Å²) >= 11 is 0. The van der Waals surface area contributed by atoms with Gasteiger partial charge in [0.15, 0.2) is 6.61 Å². The molecule has 7 nitrogen and oxygen atoms in total. The van der Waals surface area contributed by atoms with Crippen LogP contribution in [0, 0.1) is 6.92 Å². The van der Waals surface area contributed by atoms with Gasteiger partial charge in [-0.2, -0.15) is 4.31 Å². The second-order valence-electron chi connectivity index (χ2n) is 7.06. The number of nitrogens with zero attached hydrogens (tertiary/aromatic N) is 1. The molecule has 0 saturated heterocycles. The number of benzene rings is 2. The molecule has 0 heterocycles. The van der Waals surface area contributed by atoms with E-state index in [0.29, 0.717) is 24.6 Å². The molecular weight excluding hydrogens is 404 g/mol. The molecule has 0 radical (unpaired) electrons. The lowest BCUT2D eigenvalue weighted by Gasteiger charge is -2.20. The Kier molecular flexibility index (Phi) is 8.25. The molecule has 0 aromatic heterocycles. The predicted octanol–water partition coefficient (Wildman–Crippen LogP) is 3.83. The summed E-state index contributed by atoms with van der Waals surface area (Å²) in [5.41, 5.74) is 1.38. The van der Waals surface area contributed by atoms with Crippen LogP contribution in [-0.4, -0.2) is 44.4 Å². The fourth-order valence-corrected chi connectivity index (χ4v) is 4.29. The van der Waals surface area contributed by atoms with E-state index in [2.05, 4.69) is 5.32 Å². The molecule has 1 N–H and O–H groups in total. The van der Waals surface area contributed by atoms with Crippen molar-refractivity contribution in [1.29, 1.82) is 0 Å². The number of carbonyl (C=O) groups is 1. The molecular formula is C22H30N2O5S. The second kappa shape index (κ2) is 10.4. The highest BCUT2D eigenvalue weighted by Crippen LogP contribution is 2.30. The van der Waals surface area contributed by atoms with E-state index < -0.39 is 15.9 Å². The lowest BCUT2D eigenvalue weighted by Crippen LogP contribution is -2.30. The summed E-state index contributed by atoms with van der Waals surface area (Å²) in [4.78, 5) is 12.5. The van der Waals surface area contributed by atoms with Gasteiger partial charge in [-0.3, -0.25) is 4.79 Å². The lowest BCUT2D eigenvalue weighted by molar-refractivity contribution is -0.118. The number of anilines is 1. The van der Waals surface area contributed by atoms with Gasteiger partial charge in [-0.1, -0.05) is 31.5 Å². The topological polar surface area (TPSA) is 84.9 Å². The fraction of sp³-hybridized carbons (Fsp3) is 0.409. The predicted molar refractivity (Wildman–Crippen MR) is 118 cm³/mol. The maximum Gasteiger partial charge on any atom is 0.262 e. The number of ether oxygens (including phenoxy) is 2. The van der Waals surface area contributed by atoms with Crippen LogP contribution >= 0.6 is 0 Å². The number of hydrogen-bond acceptors (Lipinski definition) is 5. The molecule has 0 bridgehead atoms. The van der Waals surface area contributed by atoms with Gasteiger partial charge in [0.05, 0.1) is 16.7 Å². The molecule has 0 spiro atoms. The summed E-state index contributed by atoms with van der Waals surface area (Å²) in [5.74, 6) is 0.556. The van der Waals surface area contributed by atoms with E-state index in [1.165, 1.54) is 16.4 Å². The number of rotatable bonds is 10. The summed E-state index contributed by atoms with van der Waals surface area (Å²) in [6.45, 7) is 9.73. The van der Waals surface area contributed by atoms with Gasteiger partial charge in [-0.25, -0.2) is 8.42 Å². The van der Waals surface area contributed by atoms with E-state index in [9.17, 15) is 13.2 Å². The standard InChI is InChI=1S/C22H30N2O5S/c1-6-24(7-2)30(26,27)19-12-13-21(29-16(3)4)20(14-19)23-22(25)15-28-18-10-8-17(5)9-11-18/h8-14,16H,6-7,15H2,1-5H3,(H,23,25). The van der Waals surface area contributed by atoms with Crippen LogP contribution in [0.2, 0.25) is 0 Å². The Morgan fingerprint density at radius 1 is 1.07 bits per heavy atom. The van der Waals surface area contributed by atoms with Gasteiger partial charge in [0.25, 0.3) is 5.91 Å². The first-order valence-corrected chi connectivity index (χ1v) is 11.4. The summed E-state index contributed by atoms with van der Waals surface area (Å²) in [7, 11) is -3.67. The second-order valence-corrected chi connectivity index (χ2v) is 9.00. The van der Waals surface area contributed by atoms with Gasteiger partial charge in [-0.15, -0.1) is 0 Å². The van der Waals surface area contributed by atoms with Crippen LogP contribution in [0.15, 0.2) is 47.4 Å².